The summed E-state index contributed by atoms with van der Waals surface area (Å²) in [6.07, 6.45) is 0. The van der Waals surface area contributed by atoms with Crippen LogP contribution in [0.4, 0.5) is 0 Å². The summed E-state index contributed by atoms with van der Waals surface area (Å²) in [5.41, 5.74) is 1.34. The van der Waals surface area contributed by atoms with Crippen LogP contribution in [0.3, 0.4) is 0 Å². The number of hydrogen-bond donors (Lipinski definition) is 2. The molecule has 0 aromatic heterocycles. The fourth-order valence-corrected chi connectivity index (χ4v) is 2.99. The van der Waals surface area contributed by atoms with E-state index in [0.717, 1.165) is 45.2 Å². The molecule has 0 radical (unpaired) electrons. The van der Waals surface area contributed by atoms with E-state index in [9.17, 15) is 0 Å². The number of nitrogens with zero attached hydrogens (tertiary/aromatic N) is 3. The van der Waals surface area contributed by atoms with E-state index in [1.165, 1.54) is 5.56 Å². The van der Waals surface area contributed by atoms with Crippen molar-refractivity contribution in [3.05, 3.63) is 35.9 Å². The van der Waals surface area contributed by atoms with Crippen LogP contribution in [0.15, 0.2) is 35.3 Å². The number of benzene rings is 1. The van der Waals surface area contributed by atoms with E-state index < -0.39 is 0 Å². The zero-order valence-corrected chi connectivity index (χ0v) is 18.4. The average molecular weight is 459 g/mol. The van der Waals surface area contributed by atoms with Gasteiger partial charge in [0.2, 0.25) is 0 Å². The third kappa shape index (κ3) is 7.50. The minimum absolute atomic E-state index is 0. The molecule has 1 aromatic carbocycles. The summed E-state index contributed by atoms with van der Waals surface area (Å²) < 4.78 is 0. The average Bonchev–Trinajstić information content (AvgIpc) is 2.60. The summed E-state index contributed by atoms with van der Waals surface area (Å²) >= 11 is 0. The van der Waals surface area contributed by atoms with Crippen molar-refractivity contribution in [2.45, 2.75) is 25.8 Å². The molecule has 142 valence electrons. The first-order valence-corrected chi connectivity index (χ1v) is 9.06. The lowest BCUT2D eigenvalue weighted by molar-refractivity contribution is 0.116. The first-order chi connectivity index (χ1) is 11.6. The summed E-state index contributed by atoms with van der Waals surface area (Å²) in [5, 5.41) is 6.88. The molecular weight excluding hydrogens is 425 g/mol. The first kappa shape index (κ1) is 22.2. The Morgan fingerprint density at radius 1 is 1.20 bits per heavy atom. The first-order valence-electron chi connectivity index (χ1n) is 9.06. The molecule has 1 aliphatic heterocycles. The molecule has 2 unspecified atom stereocenters. The summed E-state index contributed by atoms with van der Waals surface area (Å²) in [7, 11) is 4.40. The Labute approximate surface area is 170 Å². The van der Waals surface area contributed by atoms with Gasteiger partial charge in [-0.3, -0.25) is 9.89 Å². The van der Waals surface area contributed by atoms with Gasteiger partial charge in [-0.05, 0) is 26.6 Å². The van der Waals surface area contributed by atoms with E-state index in [-0.39, 0.29) is 24.0 Å². The van der Waals surface area contributed by atoms with Gasteiger partial charge in [0.1, 0.15) is 0 Å². The van der Waals surface area contributed by atoms with Crippen LogP contribution in [0, 0.1) is 0 Å². The van der Waals surface area contributed by atoms with Gasteiger partial charge in [0.15, 0.2) is 5.96 Å². The van der Waals surface area contributed by atoms with Gasteiger partial charge >= 0.3 is 0 Å². The van der Waals surface area contributed by atoms with Gasteiger partial charge < -0.3 is 15.5 Å². The van der Waals surface area contributed by atoms with E-state index in [1.807, 2.05) is 0 Å². The van der Waals surface area contributed by atoms with Crippen LogP contribution < -0.4 is 10.6 Å². The Kier molecular flexibility index (Phi) is 10.4. The van der Waals surface area contributed by atoms with Gasteiger partial charge in [0.25, 0.3) is 0 Å². The van der Waals surface area contributed by atoms with Crippen molar-refractivity contribution in [3.63, 3.8) is 0 Å². The van der Waals surface area contributed by atoms with Crippen molar-refractivity contribution in [1.29, 1.82) is 0 Å². The highest BCUT2D eigenvalue weighted by molar-refractivity contribution is 14.0. The van der Waals surface area contributed by atoms with Crippen molar-refractivity contribution in [3.8, 4) is 0 Å². The molecule has 0 amide bonds. The maximum Gasteiger partial charge on any atom is 0.191 e. The van der Waals surface area contributed by atoms with Gasteiger partial charge in [-0.25, -0.2) is 0 Å². The second-order valence-corrected chi connectivity index (χ2v) is 6.81. The molecule has 25 heavy (non-hydrogen) atoms. The van der Waals surface area contributed by atoms with Gasteiger partial charge in [0.05, 0.1) is 0 Å². The molecule has 1 saturated heterocycles. The highest BCUT2D eigenvalue weighted by Gasteiger charge is 2.22. The highest BCUT2D eigenvalue weighted by Crippen LogP contribution is 2.14. The predicted molar refractivity (Wildman–Crippen MR) is 118 cm³/mol. The number of nitrogens with one attached hydrogen (secondary N) is 2. The van der Waals surface area contributed by atoms with E-state index in [4.69, 9.17) is 4.99 Å². The van der Waals surface area contributed by atoms with Crippen LogP contribution in [0.5, 0.6) is 0 Å². The SMILES string of the molecule is CCNC(=NCC(C)c1ccccc1)NCC1CN(C)CCN1C.I. The van der Waals surface area contributed by atoms with Crippen LogP contribution in [0.2, 0.25) is 0 Å². The molecule has 0 saturated carbocycles. The Hall–Kier alpha value is -0.860. The maximum absolute atomic E-state index is 4.78. The predicted octanol–water partition coefficient (Wildman–Crippen LogP) is 2.21. The third-order valence-corrected chi connectivity index (χ3v) is 4.72. The van der Waals surface area contributed by atoms with Crippen LogP contribution in [-0.4, -0.2) is 75.2 Å². The lowest BCUT2D eigenvalue weighted by Gasteiger charge is -2.38. The quantitative estimate of drug-likeness (QED) is 0.389. The van der Waals surface area contributed by atoms with Gasteiger partial charge in [-0.2, -0.15) is 0 Å². The number of likely N-dealkylation sites (N-methyl/N-ethyl adjacent to an activating group) is 2. The van der Waals surface area contributed by atoms with Crippen LogP contribution in [-0.2, 0) is 0 Å². The van der Waals surface area contributed by atoms with Crippen molar-refractivity contribution in [2.75, 3.05) is 53.4 Å². The molecule has 2 N–H and O–H groups in total. The summed E-state index contributed by atoms with van der Waals surface area (Å²) in [4.78, 5) is 9.61. The summed E-state index contributed by atoms with van der Waals surface area (Å²) in [6.45, 7) is 10.3. The standard InChI is InChI=1S/C19H33N5.HI/c1-5-20-19(21-13-16(2)17-9-7-6-8-10-17)22-14-18-15-23(3)11-12-24(18)4;/h6-10,16,18H,5,11-15H2,1-4H3,(H2,20,21,22);1H. The third-order valence-electron chi connectivity index (χ3n) is 4.72. The Morgan fingerprint density at radius 2 is 1.92 bits per heavy atom. The number of halogens is 1. The molecule has 1 aromatic rings. The smallest absolute Gasteiger partial charge is 0.191 e. The fourth-order valence-electron chi connectivity index (χ4n) is 2.99. The number of guanidine groups is 1. The Morgan fingerprint density at radius 3 is 2.60 bits per heavy atom. The Bertz CT molecular complexity index is 508. The highest BCUT2D eigenvalue weighted by atomic mass is 127. The van der Waals surface area contributed by atoms with E-state index in [0.29, 0.717) is 12.0 Å². The van der Waals surface area contributed by atoms with Crippen molar-refractivity contribution < 1.29 is 0 Å². The van der Waals surface area contributed by atoms with Crippen molar-refractivity contribution in [1.82, 2.24) is 20.4 Å². The second kappa shape index (κ2) is 11.7. The Balaban J connectivity index is 0.00000312. The molecule has 2 rings (SSSR count). The normalized spacial score (nSPS) is 20.6. The molecule has 1 aliphatic rings. The molecule has 2 atom stereocenters. The zero-order valence-electron chi connectivity index (χ0n) is 16.0. The molecule has 1 fully saturated rings. The number of hydrogen-bond acceptors (Lipinski definition) is 3. The van der Waals surface area contributed by atoms with Crippen molar-refractivity contribution >= 4 is 29.9 Å². The summed E-state index contributed by atoms with van der Waals surface area (Å²) in [5.74, 6) is 1.34. The van der Waals surface area contributed by atoms with Gasteiger partial charge in [0, 0.05) is 51.2 Å². The molecule has 6 heteroatoms. The lowest BCUT2D eigenvalue weighted by Crippen LogP contribution is -2.55. The number of aliphatic imine (C=N–C) groups is 1. The molecule has 0 bridgehead atoms. The van der Waals surface area contributed by atoms with Gasteiger partial charge in [-0.15, -0.1) is 24.0 Å². The molecule has 1 heterocycles. The zero-order chi connectivity index (χ0) is 17.4. The molecule has 0 spiro atoms. The minimum atomic E-state index is 0. The van der Waals surface area contributed by atoms with Crippen LogP contribution in [0.1, 0.15) is 25.3 Å². The molecular formula is C19H34IN5. The van der Waals surface area contributed by atoms with Crippen LogP contribution in [0.25, 0.3) is 0 Å². The fraction of sp³-hybridized carbons (Fsp3) is 0.632. The van der Waals surface area contributed by atoms with E-state index >= 15 is 0 Å². The number of piperazine rings is 1. The van der Waals surface area contributed by atoms with Crippen molar-refractivity contribution in [2.24, 2.45) is 4.99 Å². The molecule has 5 nitrogen and oxygen atoms in total. The molecule has 0 aliphatic carbocycles. The largest absolute Gasteiger partial charge is 0.357 e. The van der Waals surface area contributed by atoms with E-state index in [1.54, 1.807) is 0 Å². The van der Waals surface area contributed by atoms with Crippen LogP contribution >= 0.6 is 24.0 Å². The van der Waals surface area contributed by atoms with Gasteiger partial charge in [-0.1, -0.05) is 37.3 Å². The maximum atomic E-state index is 4.78. The second-order valence-electron chi connectivity index (χ2n) is 6.81. The van der Waals surface area contributed by atoms with E-state index in [2.05, 4.69) is 78.7 Å². The topological polar surface area (TPSA) is 42.9 Å². The monoisotopic (exact) mass is 459 g/mol. The lowest BCUT2D eigenvalue weighted by atomic mass is 10.0. The summed E-state index contributed by atoms with van der Waals surface area (Å²) in [6, 6.07) is 11.1. The minimum Gasteiger partial charge on any atom is -0.357 e. The number of rotatable bonds is 6.